The fourth-order valence-corrected chi connectivity index (χ4v) is 4.08. The van der Waals surface area contributed by atoms with Crippen LogP contribution >= 0.6 is 0 Å². The molecule has 0 aliphatic carbocycles. The molecule has 1 aromatic carbocycles. The van der Waals surface area contributed by atoms with Crippen molar-refractivity contribution in [2.24, 2.45) is 7.05 Å². The molecule has 8 heteroatoms. The van der Waals surface area contributed by atoms with Crippen LogP contribution in [-0.2, 0) is 20.1 Å². The highest BCUT2D eigenvalue weighted by Crippen LogP contribution is 2.22. The van der Waals surface area contributed by atoms with Crippen LogP contribution < -0.4 is 11.2 Å². The van der Waals surface area contributed by atoms with E-state index >= 15 is 0 Å². The van der Waals surface area contributed by atoms with Crippen molar-refractivity contribution in [3.8, 4) is 0 Å². The Labute approximate surface area is 177 Å². The Bertz CT molecular complexity index is 1540. The summed E-state index contributed by atoms with van der Waals surface area (Å²) in [5, 5.41) is 0. The molecule has 0 spiro atoms. The van der Waals surface area contributed by atoms with Crippen LogP contribution in [0.5, 0.6) is 0 Å². The standard InChI is InChI=1S/C23H23N5O3/c1-14-7-9-17(10-8-14)12-27-21(29)19-20(25(4)23(27)30)24-22-26(13-18-6-5-11-31-18)15(2)16(3)28(19)22/h5-11H,12-13H2,1-4H3. The van der Waals surface area contributed by atoms with E-state index in [0.717, 1.165) is 28.3 Å². The van der Waals surface area contributed by atoms with Gasteiger partial charge >= 0.3 is 5.69 Å². The lowest BCUT2D eigenvalue weighted by molar-refractivity contribution is 0.494. The minimum atomic E-state index is -0.384. The van der Waals surface area contributed by atoms with Gasteiger partial charge in [-0.05, 0) is 38.5 Å². The number of rotatable bonds is 4. The maximum Gasteiger partial charge on any atom is 0.332 e. The van der Waals surface area contributed by atoms with Gasteiger partial charge in [-0.2, -0.15) is 4.98 Å². The molecule has 8 nitrogen and oxygen atoms in total. The monoisotopic (exact) mass is 417 g/mol. The van der Waals surface area contributed by atoms with Crippen molar-refractivity contribution in [1.29, 1.82) is 0 Å². The van der Waals surface area contributed by atoms with E-state index in [1.165, 1.54) is 9.13 Å². The van der Waals surface area contributed by atoms with Gasteiger partial charge in [-0.1, -0.05) is 29.8 Å². The Morgan fingerprint density at radius 1 is 0.935 bits per heavy atom. The number of benzene rings is 1. The van der Waals surface area contributed by atoms with Gasteiger partial charge in [-0.25, -0.2) is 4.79 Å². The quantitative estimate of drug-likeness (QED) is 0.450. The summed E-state index contributed by atoms with van der Waals surface area (Å²) in [5.74, 6) is 1.40. The average Bonchev–Trinajstić information content (AvgIpc) is 3.46. The molecular weight excluding hydrogens is 394 g/mol. The van der Waals surface area contributed by atoms with Crippen molar-refractivity contribution in [2.45, 2.75) is 33.9 Å². The van der Waals surface area contributed by atoms with Crippen molar-refractivity contribution < 1.29 is 4.42 Å². The van der Waals surface area contributed by atoms with E-state index in [2.05, 4.69) is 0 Å². The Morgan fingerprint density at radius 3 is 2.35 bits per heavy atom. The zero-order chi connectivity index (χ0) is 21.9. The second-order valence-electron chi connectivity index (χ2n) is 7.97. The van der Waals surface area contributed by atoms with E-state index < -0.39 is 0 Å². The minimum Gasteiger partial charge on any atom is -0.467 e. The summed E-state index contributed by atoms with van der Waals surface area (Å²) in [4.78, 5) is 31.2. The van der Waals surface area contributed by atoms with Gasteiger partial charge in [-0.3, -0.25) is 18.3 Å². The minimum absolute atomic E-state index is 0.208. The van der Waals surface area contributed by atoms with Gasteiger partial charge < -0.3 is 8.98 Å². The molecule has 31 heavy (non-hydrogen) atoms. The third kappa shape index (κ3) is 2.86. The molecule has 158 valence electrons. The second kappa shape index (κ2) is 6.87. The van der Waals surface area contributed by atoms with Gasteiger partial charge in [0.1, 0.15) is 5.76 Å². The molecule has 0 saturated carbocycles. The highest BCUT2D eigenvalue weighted by atomic mass is 16.3. The number of fused-ring (bicyclic) bond motifs is 3. The van der Waals surface area contributed by atoms with E-state index in [-0.39, 0.29) is 17.8 Å². The summed E-state index contributed by atoms with van der Waals surface area (Å²) < 4.78 is 12.1. The van der Waals surface area contributed by atoms with Crippen molar-refractivity contribution >= 4 is 16.9 Å². The predicted molar refractivity (Wildman–Crippen MR) is 118 cm³/mol. The molecule has 0 aliphatic heterocycles. The van der Waals surface area contributed by atoms with Crippen LogP contribution in [0.4, 0.5) is 0 Å². The third-order valence-corrected chi connectivity index (χ3v) is 5.99. The third-order valence-electron chi connectivity index (χ3n) is 5.99. The molecule has 0 aliphatic rings. The summed E-state index contributed by atoms with van der Waals surface area (Å²) in [6.45, 7) is 6.65. The highest BCUT2D eigenvalue weighted by Gasteiger charge is 2.23. The Kier molecular flexibility index (Phi) is 4.25. The first-order valence-electron chi connectivity index (χ1n) is 10.1. The summed E-state index contributed by atoms with van der Waals surface area (Å²) in [6.07, 6.45) is 1.63. The number of nitrogens with zero attached hydrogens (tertiary/aromatic N) is 5. The van der Waals surface area contributed by atoms with Crippen molar-refractivity contribution in [1.82, 2.24) is 23.1 Å². The fourth-order valence-electron chi connectivity index (χ4n) is 4.08. The molecule has 0 amide bonds. The number of aryl methyl sites for hydroxylation is 3. The average molecular weight is 417 g/mol. The van der Waals surface area contributed by atoms with Crippen LogP contribution in [0.25, 0.3) is 16.9 Å². The Hall–Kier alpha value is -3.81. The number of imidazole rings is 2. The maximum absolute atomic E-state index is 13.5. The van der Waals surface area contributed by atoms with Gasteiger partial charge in [0, 0.05) is 18.4 Å². The van der Waals surface area contributed by atoms with Crippen LogP contribution in [-0.4, -0.2) is 23.1 Å². The first kappa shape index (κ1) is 19.2. The lowest BCUT2D eigenvalue weighted by atomic mass is 10.1. The molecule has 0 radical (unpaired) electrons. The summed E-state index contributed by atoms with van der Waals surface area (Å²) in [6, 6.07) is 11.6. The highest BCUT2D eigenvalue weighted by molar-refractivity contribution is 5.76. The van der Waals surface area contributed by atoms with Gasteiger partial charge in [0.25, 0.3) is 5.56 Å². The smallest absolute Gasteiger partial charge is 0.332 e. The van der Waals surface area contributed by atoms with Crippen LogP contribution in [0.3, 0.4) is 0 Å². The summed E-state index contributed by atoms with van der Waals surface area (Å²) in [7, 11) is 1.65. The lowest BCUT2D eigenvalue weighted by Gasteiger charge is -2.09. The first-order valence-corrected chi connectivity index (χ1v) is 10.1. The topological polar surface area (TPSA) is 79.4 Å². The normalized spacial score (nSPS) is 11.7. The lowest BCUT2D eigenvalue weighted by Crippen LogP contribution is -2.39. The second-order valence-corrected chi connectivity index (χ2v) is 7.97. The van der Waals surface area contributed by atoms with Crippen LogP contribution in [0.15, 0.2) is 56.7 Å². The predicted octanol–water partition coefficient (Wildman–Crippen LogP) is 2.76. The Balaban J connectivity index is 1.77. The van der Waals surface area contributed by atoms with Gasteiger partial charge in [-0.15, -0.1) is 0 Å². The van der Waals surface area contributed by atoms with Crippen LogP contribution in [0, 0.1) is 20.8 Å². The van der Waals surface area contributed by atoms with E-state index in [9.17, 15) is 9.59 Å². The first-order chi connectivity index (χ1) is 14.9. The number of aromatic nitrogens is 5. The van der Waals surface area contributed by atoms with Gasteiger partial charge in [0.15, 0.2) is 11.2 Å². The molecule has 4 aromatic heterocycles. The molecule has 0 saturated heterocycles. The largest absolute Gasteiger partial charge is 0.467 e. The van der Waals surface area contributed by atoms with E-state index in [1.54, 1.807) is 13.3 Å². The van der Waals surface area contributed by atoms with Crippen molar-refractivity contribution in [2.75, 3.05) is 0 Å². The van der Waals surface area contributed by atoms with Gasteiger partial charge in [0.05, 0.1) is 19.4 Å². The number of hydrogen-bond acceptors (Lipinski definition) is 4. The zero-order valence-corrected chi connectivity index (χ0v) is 17.9. The van der Waals surface area contributed by atoms with E-state index in [4.69, 9.17) is 9.40 Å². The number of hydrogen-bond donors (Lipinski definition) is 0. The van der Waals surface area contributed by atoms with E-state index in [0.29, 0.717) is 23.5 Å². The van der Waals surface area contributed by atoms with Crippen LogP contribution in [0.1, 0.15) is 28.3 Å². The molecule has 4 heterocycles. The summed E-state index contributed by atoms with van der Waals surface area (Å²) in [5.41, 5.74) is 3.97. The molecule has 0 fully saturated rings. The molecule has 0 bridgehead atoms. The zero-order valence-electron chi connectivity index (χ0n) is 17.9. The molecular formula is C23H23N5O3. The van der Waals surface area contributed by atoms with E-state index in [1.807, 2.05) is 66.1 Å². The SMILES string of the molecule is Cc1ccc(Cn2c(=O)c3c(nc4n(Cc5ccco5)c(C)c(C)n34)n(C)c2=O)cc1. The molecule has 0 atom stereocenters. The Morgan fingerprint density at radius 2 is 1.68 bits per heavy atom. The van der Waals surface area contributed by atoms with Crippen LogP contribution in [0.2, 0.25) is 0 Å². The van der Waals surface area contributed by atoms with Crippen molar-refractivity contribution in [3.05, 3.63) is 91.8 Å². The molecule has 0 N–H and O–H groups in total. The maximum atomic E-state index is 13.5. The molecule has 5 aromatic rings. The summed E-state index contributed by atoms with van der Waals surface area (Å²) >= 11 is 0. The van der Waals surface area contributed by atoms with Gasteiger partial charge in [0.2, 0.25) is 5.78 Å². The van der Waals surface area contributed by atoms with Crippen molar-refractivity contribution in [3.63, 3.8) is 0 Å². The molecule has 0 unspecified atom stereocenters. The molecule has 5 rings (SSSR count). The number of furan rings is 1. The fraction of sp³-hybridized carbons (Fsp3) is 0.261.